The lowest BCUT2D eigenvalue weighted by atomic mass is 10.1. The largest absolute Gasteiger partial charge is 0.340 e. The number of fused-ring (bicyclic) bond motifs is 1. The smallest absolute Gasteiger partial charge is 0.332 e. The number of aromatic nitrogens is 4. The van der Waals surface area contributed by atoms with Crippen molar-refractivity contribution in [1.29, 1.82) is 0 Å². The van der Waals surface area contributed by atoms with Crippen molar-refractivity contribution in [2.45, 2.75) is 13.5 Å². The van der Waals surface area contributed by atoms with E-state index in [-0.39, 0.29) is 18.0 Å². The van der Waals surface area contributed by atoms with Crippen LogP contribution >= 0.6 is 23.2 Å². The number of nitrogens with one attached hydrogen (secondary N) is 1. The number of carbonyl (C=O) groups is 1. The summed E-state index contributed by atoms with van der Waals surface area (Å²) in [5.41, 5.74) is 2.70. The van der Waals surface area contributed by atoms with Crippen LogP contribution in [-0.4, -0.2) is 62.2 Å². The lowest BCUT2D eigenvalue weighted by Crippen LogP contribution is -2.49. The summed E-state index contributed by atoms with van der Waals surface area (Å²) in [7, 11) is 3.11. The van der Waals surface area contributed by atoms with Crippen molar-refractivity contribution in [2.24, 2.45) is 14.1 Å². The van der Waals surface area contributed by atoms with Crippen LogP contribution in [0, 0.1) is 6.92 Å². The fourth-order valence-electron chi connectivity index (χ4n) is 4.79. The Morgan fingerprint density at radius 3 is 2.31 bits per heavy atom. The summed E-state index contributed by atoms with van der Waals surface area (Å²) in [6.07, 6.45) is 0. The molecular formula is C27H29Cl2N7O3. The number of aryl methyl sites for hydroxylation is 2. The number of hydrogen-bond acceptors (Lipinski definition) is 6. The molecule has 0 saturated carbocycles. The Bertz CT molecular complexity index is 1670. The molecule has 39 heavy (non-hydrogen) atoms. The topological polar surface area (TPSA) is 97.4 Å². The molecule has 5 rings (SSSR count). The lowest BCUT2D eigenvalue weighted by molar-refractivity contribution is -0.117. The van der Waals surface area contributed by atoms with E-state index in [9.17, 15) is 14.4 Å². The number of carbonyl (C=O) groups excluding carboxylic acids is 1. The molecule has 2 aromatic carbocycles. The predicted molar refractivity (Wildman–Crippen MR) is 154 cm³/mol. The number of hydrogen-bond donors (Lipinski definition) is 1. The summed E-state index contributed by atoms with van der Waals surface area (Å²) in [6, 6.07) is 13.1. The van der Waals surface area contributed by atoms with Crippen LogP contribution in [0.1, 0.15) is 11.1 Å². The highest BCUT2D eigenvalue weighted by Gasteiger charge is 2.26. The molecule has 0 radical (unpaired) electrons. The summed E-state index contributed by atoms with van der Waals surface area (Å²) in [5, 5.41) is 3.66. The number of anilines is 2. The summed E-state index contributed by atoms with van der Waals surface area (Å²) in [6.45, 7) is 5.14. The quantitative estimate of drug-likeness (QED) is 0.383. The zero-order valence-corrected chi connectivity index (χ0v) is 23.5. The van der Waals surface area contributed by atoms with Gasteiger partial charge >= 0.3 is 5.69 Å². The Balaban J connectivity index is 1.37. The van der Waals surface area contributed by atoms with Crippen molar-refractivity contribution in [3.05, 3.63) is 84.5 Å². The van der Waals surface area contributed by atoms with Crippen LogP contribution in [0.2, 0.25) is 10.0 Å². The van der Waals surface area contributed by atoms with Gasteiger partial charge in [-0.2, -0.15) is 4.98 Å². The van der Waals surface area contributed by atoms with Crippen LogP contribution in [-0.2, 0) is 25.4 Å². The number of piperazine rings is 1. The van der Waals surface area contributed by atoms with Crippen molar-refractivity contribution in [3.63, 3.8) is 0 Å². The van der Waals surface area contributed by atoms with E-state index in [4.69, 9.17) is 28.2 Å². The van der Waals surface area contributed by atoms with Crippen molar-refractivity contribution in [1.82, 2.24) is 23.6 Å². The first-order chi connectivity index (χ1) is 18.6. The zero-order valence-electron chi connectivity index (χ0n) is 21.9. The molecule has 1 fully saturated rings. The minimum absolute atomic E-state index is 0.146. The summed E-state index contributed by atoms with van der Waals surface area (Å²) >= 11 is 12.0. The van der Waals surface area contributed by atoms with Gasteiger partial charge in [0.25, 0.3) is 5.56 Å². The zero-order chi connectivity index (χ0) is 27.8. The summed E-state index contributed by atoms with van der Waals surface area (Å²) in [5.74, 6) is 0.482. The lowest BCUT2D eigenvalue weighted by Gasteiger charge is -2.35. The predicted octanol–water partition coefficient (Wildman–Crippen LogP) is 2.86. The molecule has 12 heteroatoms. The normalized spacial score (nSPS) is 14.2. The minimum Gasteiger partial charge on any atom is -0.340 e. The highest BCUT2D eigenvalue weighted by molar-refractivity contribution is 6.42. The maximum absolute atomic E-state index is 13.2. The van der Waals surface area contributed by atoms with E-state index in [0.717, 1.165) is 15.7 Å². The molecule has 1 aliphatic rings. The fraction of sp³-hybridized carbons (Fsp3) is 0.333. The van der Waals surface area contributed by atoms with Crippen LogP contribution in [0.5, 0.6) is 0 Å². The van der Waals surface area contributed by atoms with Gasteiger partial charge in [0, 0.05) is 46.0 Å². The second-order valence-electron chi connectivity index (χ2n) is 9.80. The van der Waals surface area contributed by atoms with Crippen molar-refractivity contribution in [3.8, 4) is 0 Å². The maximum Gasteiger partial charge on any atom is 0.332 e. The average molecular weight is 570 g/mol. The number of nitrogens with zero attached hydrogens (tertiary/aromatic N) is 6. The first kappa shape index (κ1) is 27.0. The van der Waals surface area contributed by atoms with Crippen LogP contribution in [0.4, 0.5) is 11.6 Å². The van der Waals surface area contributed by atoms with Crippen LogP contribution in [0.25, 0.3) is 11.2 Å². The number of amides is 1. The molecule has 10 nitrogen and oxygen atoms in total. The molecule has 1 saturated heterocycles. The fourth-order valence-corrected chi connectivity index (χ4v) is 5.08. The molecule has 1 amide bonds. The van der Waals surface area contributed by atoms with Gasteiger partial charge in [-0.05, 0) is 30.7 Å². The van der Waals surface area contributed by atoms with Gasteiger partial charge in [0.05, 0.1) is 23.1 Å². The number of imidazole rings is 1. The molecule has 3 heterocycles. The van der Waals surface area contributed by atoms with Gasteiger partial charge in [0.1, 0.15) is 0 Å². The highest BCUT2D eigenvalue weighted by Crippen LogP contribution is 2.25. The van der Waals surface area contributed by atoms with E-state index in [1.165, 1.54) is 11.6 Å². The van der Waals surface area contributed by atoms with E-state index in [0.29, 0.717) is 65.6 Å². The number of benzene rings is 2. The molecule has 2 aromatic heterocycles. The Morgan fingerprint density at radius 2 is 1.64 bits per heavy atom. The van der Waals surface area contributed by atoms with Gasteiger partial charge in [-0.3, -0.25) is 28.2 Å². The third-order valence-electron chi connectivity index (χ3n) is 7.01. The van der Waals surface area contributed by atoms with Crippen molar-refractivity contribution in [2.75, 3.05) is 42.9 Å². The SMILES string of the molecule is Cc1ccc(Cn2c(N3CCN(CC(=O)Nc4ccc(Cl)c(Cl)c4)CC3)nc3c2c(=O)n(C)c(=O)n3C)cc1. The minimum atomic E-state index is -0.420. The molecule has 0 atom stereocenters. The van der Waals surface area contributed by atoms with Crippen LogP contribution in [0.15, 0.2) is 52.1 Å². The monoisotopic (exact) mass is 569 g/mol. The molecule has 0 unspecified atom stereocenters. The van der Waals surface area contributed by atoms with Gasteiger partial charge in [0.2, 0.25) is 11.9 Å². The Labute approximate surface area is 235 Å². The second kappa shape index (κ2) is 10.9. The van der Waals surface area contributed by atoms with E-state index in [2.05, 4.69) is 15.1 Å². The average Bonchev–Trinajstić information content (AvgIpc) is 3.29. The molecule has 0 aliphatic carbocycles. The van der Waals surface area contributed by atoms with E-state index in [1.807, 2.05) is 35.8 Å². The van der Waals surface area contributed by atoms with E-state index in [1.54, 1.807) is 25.2 Å². The van der Waals surface area contributed by atoms with Gasteiger partial charge in [-0.25, -0.2) is 4.79 Å². The standard InChI is InChI=1S/C27H29Cl2N7O3/c1-17-4-6-18(7-5-17)15-36-23-24(32(2)27(39)33(3)25(23)38)31-26(36)35-12-10-34(11-13-35)16-22(37)30-19-8-9-20(28)21(29)14-19/h4-9,14H,10-13,15-16H2,1-3H3,(H,30,37). The summed E-state index contributed by atoms with van der Waals surface area (Å²) < 4.78 is 4.42. The summed E-state index contributed by atoms with van der Waals surface area (Å²) in [4.78, 5) is 47.4. The molecule has 204 valence electrons. The molecule has 0 bridgehead atoms. The Kier molecular flexibility index (Phi) is 7.53. The van der Waals surface area contributed by atoms with Crippen LogP contribution < -0.4 is 21.5 Å². The van der Waals surface area contributed by atoms with Crippen LogP contribution in [0.3, 0.4) is 0 Å². The molecular weight excluding hydrogens is 541 g/mol. The van der Waals surface area contributed by atoms with Gasteiger partial charge in [0.15, 0.2) is 11.2 Å². The van der Waals surface area contributed by atoms with E-state index >= 15 is 0 Å². The van der Waals surface area contributed by atoms with E-state index < -0.39 is 5.69 Å². The first-order valence-corrected chi connectivity index (χ1v) is 13.3. The third-order valence-corrected chi connectivity index (χ3v) is 7.75. The molecule has 0 spiro atoms. The Morgan fingerprint density at radius 1 is 0.949 bits per heavy atom. The van der Waals surface area contributed by atoms with Crippen molar-refractivity contribution < 1.29 is 4.79 Å². The molecule has 1 N–H and O–H groups in total. The highest BCUT2D eigenvalue weighted by atomic mass is 35.5. The first-order valence-electron chi connectivity index (χ1n) is 12.6. The van der Waals surface area contributed by atoms with Gasteiger partial charge in [-0.1, -0.05) is 53.0 Å². The van der Waals surface area contributed by atoms with Gasteiger partial charge < -0.3 is 10.2 Å². The number of halogens is 2. The maximum atomic E-state index is 13.2. The van der Waals surface area contributed by atoms with Gasteiger partial charge in [-0.15, -0.1) is 0 Å². The molecule has 4 aromatic rings. The Hall–Kier alpha value is -3.60. The number of rotatable bonds is 6. The second-order valence-corrected chi connectivity index (χ2v) is 10.6. The molecule has 1 aliphatic heterocycles. The third kappa shape index (κ3) is 5.45. The van der Waals surface area contributed by atoms with Crippen molar-refractivity contribution >= 4 is 51.9 Å².